The van der Waals surface area contributed by atoms with Gasteiger partial charge in [-0.1, -0.05) is 6.07 Å². The first-order valence-electron chi connectivity index (χ1n) is 9.58. The van der Waals surface area contributed by atoms with Gasteiger partial charge in [0.15, 0.2) is 0 Å². The molecule has 1 atom stereocenters. The number of nitrogens with one attached hydrogen (secondary N) is 1. The molecule has 27 heavy (non-hydrogen) atoms. The van der Waals surface area contributed by atoms with Crippen molar-refractivity contribution >= 4 is 15.9 Å². The van der Waals surface area contributed by atoms with Gasteiger partial charge in [-0.25, -0.2) is 13.1 Å². The number of amides is 1. The molecule has 0 aromatic heterocycles. The van der Waals surface area contributed by atoms with Crippen LogP contribution in [0.25, 0.3) is 0 Å². The molecule has 0 saturated carbocycles. The van der Waals surface area contributed by atoms with Crippen molar-refractivity contribution in [1.29, 1.82) is 0 Å². The number of nitrogens with zero attached hydrogens (tertiary/aromatic N) is 2. The predicted molar refractivity (Wildman–Crippen MR) is 108 cm³/mol. The van der Waals surface area contributed by atoms with Crippen LogP contribution in [0.5, 0.6) is 0 Å². The molecule has 2 rings (SSSR count). The molecule has 1 saturated heterocycles. The zero-order valence-electron chi connectivity index (χ0n) is 17.4. The van der Waals surface area contributed by atoms with E-state index < -0.39 is 10.0 Å². The van der Waals surface area contributed by atoms with Gasteiger partial charge < -0.3 is 4.90 Å². The number of hydrogen-bond donors (Lipinski definition) is 1. The monoisotopic (exact) mass is 395 g/mol. The Morgan fingerprint density at radius 2 is 1.78 bits per heavy atom. The fourth-order valence-corrected chi connectivity index (χ4v) is 5.50. The molecule has 0 radical (unpaired) electrons. The first kappa shape index (κ1) is 21.9. The molecule has 1 aliphatic heterocycles. The maximum Gasteiger partial charge on any atom is 0.241 e. The molecule has 1 fully saturated rings. The number of carbonyl (C=O) groups is 1. The van der Waals surface area contributed by atoms with Crippen LogP contribution >= 0.6 is 0 Å². The molecule has 1 aliphatic rings. The molecule has 0 aliphatic carbocycles. The Labute approximate surface area is 164 Å². The maximum atomic E-state index is 12.9. The largest absolute Gasteiger partial charge is 0.347 e. The summed E-state index contributed by atoms with van der Waals surface area (Å²) in [4.78, 5) is 16.5. The van der Waals surface area contributed by atoms with Crippen LogP contribution in [0.15, 0.2) is 11.0 Å². The van der Waals surface area contributed by atoms with Gasteiger partial charge in [0.05, 0.1) is 10.9 Å². The minimum atomic E-state index is -3.55. The molecule has 6 nitrogen and oxygen atoms in total. The van der Waals surface area contributed by atoms with Crippen molar-refractivity contribution in [3.63, 3.8) is 0 Å². The lowest BCUT2D eigenvalue weighted by Gasteiger charge is -2.26. The van der Waals surface area contributed by atoms with Crippen LogP contribution in [0.3, 0.4) is 0 Å². The van der Waals surface area contributed by atoms with E-state index in [2.05, 4.69) is 9.62 Å². The van der Waals surface area contributed by atoms with E-state index >= 15 is 0 Å². The summed E-state index contributed by atoms with van der Waals surface area (Å²) in [5.41, 5.74) is 3.59. The second-order valence-electron chi connectivity index (χ2n) is 7.77. The fourth-order valence-electron chi connectivity index (χ4n) is 3.82. The Morgan fingerprint density at radius 1 is 1.19 bits per heavy atom. The summed E-state index contributed by atoms with van der Waals surface area (Å²) in [6.07, 6.45) is 2.57. The summed E-state index contributed by atoms with van der Waals surface area (Å²) >= 11 is 0. The molecule has 152 valence electrons. The lowest BCUT2D eigenvalue weighted by molar-refractivity contribution is -0.133. The van der Waals surface area contributed by atoms with Crippen LogP contribution in [0.4, 0.5) is 0 Å². The molecular formula is C20H33N3O3S. The first-order valence-corrected chi connectivity index (χ1v) is 11.1. The zero-order valence-corrected chi connectivity index (χ0v) is 18.2. The number of carbonyl (C=O) groups excluding carboxylic acids is 1. The van der Waals surface area contributed by atoms with E-state index in [0.717, 1.165) is 48.2 Å². The molecule has 1 amide bonds. The second-order valence-corrected chi connectivity index (χ2v) is 9.47. The lowest BCUT2D eigenvalue weighted by Crippen LogP contribution is -2.43. The Kier molecular flexibility index (Phi) is 7.05. The minimum absolute atomic E-state index is 0.0690. The number of likely N-dealkylation sites (tertiary alicyclic amines) is 1. The van der Waals surface area contributed by atoms with Crippen LogP contribution in [0.1, 0.15) is 41.5 Å². The summed E-state index contributed by atoms with van der Waals surface area (Å²) in [7, 11) is 0.00910. The van der Waals surface area contributed by atoms with E-state index in [1.807, 2.05) is 33.8 Å². The number of hydrogen-bond acceptors (Lipinski definition) is 4. The molecule has 0 spiro atoms. The third-order valence-electron chi connectivity index (χ3n) is 5.57. The number of likely N-dealkylation sites (N-methyl/N-ethyl adjacent to an activating group) is 1. The van der Waals surface area contributed by atoms with Gasteiger partial charge in [-0.05, 0) is 75.8 Å². The van der Waals surface area contributed by atoms with Crippen LogP contribution in [-0.4, -0.2) is 63.9 Å². The van der Waals surface area contributed by atoms with Gasteiger partial charge in [0.2, 0.25) is 15.9 Å². The van der Waals surface area contributed by atoms with Gasteiger partial charge >= 0.3 is 0 Å². The fraction of sp³-hybridized carbons (Fsp3) is 0.650. The first-order chi connectivity index (χ1) is 12.6. The highest BCUT2D eigenvalue weighted by Gasteiger charge is 2.31. The number of rotatable bonds is 7. The summed E-state index contributed by atoms with van der Waals surface area (Å²) in [6.45, 7) is 9.58. The van der Waals surface area contributed by atoms with Crippen molar-refractivity contribution in [3.05, 3.63) is 28.3 Å². The third-order valence-corrected chi connectivity index (χ3v) is 7.30. The average Bonchev–Trinajstić information content (AvgIpc) is 3.04. The van der Waals surface area contributed by atoms with Crippen molar-refractivity contribution in [2.24, 2.45) is 0 Å². The zero-order chi connectivity index (χ0) is 20.4. The van der Waals surface area contributed by atoms with Gasteiger partial charge in [0.25, 0.3) is 0 Å². The van der Waals surface area contributed by atoms with E-state index in [1.165, 1.54) is 0 Å². The molecule has 1 aromatic carbocycles. The van der Waals surface area contributed by atoms with Crippen molar-refractivity contribution in [2.45, 2.75) is 57.9 Å². The second kappa shape index (κ2) is 8.71. The van der Waals surface area contributed by atoms with Gasteiger partial charge in [0, 0.05) is 27.2 Å². The van der Waals surface area contributed by atoms with Gasteiger partial charge in [-0.2, -0.15) is 0 Å². The van der Waals surface area contributed by atoms with Crippen LogP contribution in [-0.2, 0) is 14.8 Å². The van der Waals surface area contributed by atoms with Crippen molar-refractivity contribution in [3.8, 4) is 0 Å². The average molecular weight is 396 g/mol. The number of sulfonamides is 1. The van der Waals surface area contributed by atoms with Crippen LogP contribution < -0.4 is 4.72 Å². The summed E-state index contributed by atoms with van der Waals surface area (Å²) in [6, 6.07) is 1.96. The van der Waals surface area contributed by atoms with E-state index in [-0.39, 0.29) is 11.9 Å². The minimum Gasteiger partial charge on any atom is -0.347 e. The van der Waals surface area contributed by atoms with E-state index in [1.54, 1.807) is 19.0 Å². The van der Waals surface area contributed by atoms with Crippen molar-refractivity contribution < 1.29 is 13.2 Å². The summed E-state index contributed by atoms with van der Waals surface area (Å²) in [5.74, 6) is 0.134. The molecule has 0 bridgehead atoms. The topological polar surface area (TPSA) is 69.7 Å². The smallest absolute Gasteiger partial charge is 0.241 e. The highest BCUT2D eigenvalue weighted by Crippen LogP contribution is 2.26. The number of aryl methyl sites for hydroxylation is 2. The highest BCUT2D eigenvalue weighted by atomic mass is 32.2. The Hall–Kier alpha value is -1.44. The molecular weight excluding hydrogens is 362 g/mol. The van der Waals surface area contributed by atoms with Gasteiger partial charge in [-0.15, -0.1) is 0 Å². The molecule has 1 unspecified atom stereocenters. The maximum absolute atomic E-state index is 12.9. The Balaban J connectivity index is 1.98. The van der Waals surface area contributed by atoms with E-state index in [9.17, 15) is 13.2 Å². The normalized spacial score (nSPS) is 18.1. The highest BCUT2D eigenvalue weighted by molar-refractivity contribution is 7.89. The molecule has 1 N–H and O–H groups in total. The van der Waals surface area contributed by atoms with Crippen molar-refractivity contribution in [2.75, 3.05) is 33.7 Å². The molecule has 7 heteroatoms. The van der Waals surface area contributed by atoms with Gasteiger partial charge in [-0.3, -0.25) is 9.69 Å². The Morgan fingerprint density at radius 3 is 2.33 bits per heavy atom. The molecule has 1 heterocycles. The van der Waals surface area contributed by atoms with Crippen molar-refractivity contribution in [1.82, 2.24) is 14.5 Å². The lowest BCUT2D eigenvalue weighted by atomic mass is 10.0. The standard InChI is InChI=1S/C20H33N3O3S/c1-14-13-15(2)17(4)19(16(14)3)27(25,26)21-10-8-12-23-11-7-9-18(23)20(24)22(5)6/h13,18,21H,7-12H2,1-6H3. The molecule has 1 aromatic rings. The summed E-state index contributed by atoms with van der Waals surface area (Å²) < 4.78 is 28.5. The SMILES string of the molecule is Cc1cc(C)c(C)c(S(=O)(=O)NCCCN2CCCC2C(=O)N(C)C)c1C. The number of benzene rings is 1. The quantitative estimate of drug-likeness (QED) is 0.718. The van der Waals surface area contributed by atoms with E-state index in [0.29, 0.717) is 17.9 Å². The van der Waals surface area contributed by atoms with Gasteiger partial charge in [0.1, 0.15) is 0 Å². The third kappa shape index (κ3) is 4.89. The van der Waals surface area contributed by atoms with Crippen LogP contribution in [0.2, 0.25) is 0 Å². The summed E-state index contributed by atoms with van der Waals surface area (Å²) in [5, 5.41) is 0. The predicted octanol–water partition coefficient (Wildman–Crippen LogP) is 2.14. The Bertz CT molecular complexity index is 777. The van der Waals surface area contributed by atoms with Crippen LogP contribution in [0, 0.1) is 27.7 Å². The van der Waals surface area contributed by atoms with E-state index in [4.69, 9.17) is 0 Å².